The van der Waals surface area contributed by atoms with Crippen molar-refractivity contribution in [3.05, 3.63) is 76.1 Å². The first-order valence-corrected chi connectivity index (χ1v) is 11.3. The molecule has 0 atom stereocenters. The largest absolute Gasteiger partial charge is 0.492 e. The number of anilines is 1. The number of nitrogens with zero attached hydrogens (tertiary/aromatic N) is 3. The molecule has 0 spiro atoms. The third-order valence-corrected chi connectivity index (χ3v) is 6.08. The Balaban J connectivity index is 1.48. The van der Waals surface area contributed by atoms with Gasteiger partial charge >= 0.3 is 5.69 Å². The molecular formula is C23H24N4O3S. The number of nitrogens with one attached hydrogen (secondary N) is 1. The highest BCUT2D eigenvalue weighted by molar-refractivity contribution is 8.00. The molecule has 0 aliphatic heterocycles. The number of amides is 1. The minimum atomic E-state index is -0.283. The zero-order chi connectivity index (χ0) is 21.6. The van der Waals surface area contributed by atoms with Gasteiger partial charge in [-0.25, -0.2) is 4.79 Å². The fourth-order valence-electron chi connectivity index (χ4n) is 3.71. The van der Waals surface area contributed by atoms with Gasteiger partial charge in [0, 0.05) is 23.7 Å². The standard InChI is InChI=1S/C23H24N4O3S/c1-2-30-20-11-4-3-9-18(20)25-21(28)15-31-22-17-8-5-10-19(17)27(23(29)26-22)14-16-7-6-12-24-13-16/h3-4,6-7,9,11-13H,2,5,8,10,14-15H2,1H3,(H,25,28). The van der Waals surface area contributed by atoms with Crippen LogP contribution in [0.15, 0.2) is 58.6 Å². The topological polar surface area (TPSA) is 86.1 Å². The van der Waals surface area contributed by atoms with Crippen molar-refractivity contribution in [1.29, 1.82) is 0 Å². The smallest absolute Gasteiger partial charge is 0.349 e. The lowest BCUT2D eigenvalue weighted by Gasteiger charge is -2.14. The molecule has 2 heterocycles. The molecule has 0 fully saturated rings. The number of fused-ring (bicyclic) bond motifs is 1. The Hall–Kier alpha value is -3.13. The fraction of sp³-hybridized carbons (Fsp3) is 0.304. The van der Waals surface area contributed by atoms with E-state index in [1.807, 2.05) is 43.3 Å². The third kappa shape index (κ3) is 4.96. The number of rotatable bonds is 8. The lowest BCUT2D eigenvalue weighted by molar-refractivity contribution is -0.113. The Morgan fingerprint density at radius 3 is 2.90 bits per heavy atom. The van der Waals surface area contributed by atoms with Crippen molar-refractivity contribution in [2.24, 2.45) is 0 Å². The number of ether oxygens (including phenoxy) is 1. The van der Waals surface area contributed by atoms with Gasteiger partial charge in [-0.15, -0.1) is 0 Å². The monoisotopic (exact) mass is 436 g/mol. The van der Waals surface area contributed by atoms with Crippen LogP contribution in [0, 0.1) is 0 Å². The minimum absolute atomic E-state index is 0.162. The second kappa shape index (κ2) is 9.78. The highest BCUT2D eigenvalue weighted by Crippen LogP contribution is 2.30. The van der Waals surface area contributed by atoms with Crippen LogP contribution in [0.5, 0.6) is 5.75 Å². The Labute approximate surface area is 184 Å². The first kappa shape index (κ1) is 21.1. The molecule has 1 amide bonds. The van der Waals surface area contributed by atoms with E-state index in [1.54, 1.807) is 17.0 Å². The third-order valence-electron chi connectivity index (χ3n) is 5.07. The van der Waals surface area contributed by atoms with E-state index in [0.717, 1.165) is 36.1 Å². The van der Waals surface area contributed by atoms with Crippen molar-refractivity contribution in [2.75, 3.05) is 17.7 Å². The van der Waals surface area contributed by atoms with Gasteiger partial charge in [0.05, 0.1) is 24.6 Å². The first-order valence-electron chi connectivity index (χ1n) is 10.3. The number of hydrogen-bond acceptors (Lipinski definition) is 6. The maximum absolute atomic E-state index is 12.8. The maximum atomic E-state index is 12.8. The van der Waals surface area contributed by atoms with E-state index in [4.69, 9.17) is 4.74 Å². The van der Waals surface area contributed by atoms with Gasteiger partial charge < -0.3 is 10.1 Å². The van der Waals surface area contributed by atoms with Crippen molar-refractivity contribution in [1.82, 2.24) is 14.5 Å². The van der Waals surface area contributed by atoms with E-state index in [9.17, 15) is 9.59 Å². The molecule has 8 heteroatoms. The van der Waals surface area contributed by atoms with Crippen molar-refractivity contribution in [3.63, 3.8) is 0 Å². The molecule has 0 unspecified atom stereocenters. The van der Waals surface area contributed by atoms with E-state index in [1.165, 1.54) is 11.8 Å². The Bertz CT molecular complexity index is 1130. The van der Waals surface area contributed by atoms with Gasteiger partial charge in [-0.2, -0.15) is 4.98 Å². The summed E-state index contributed by atoms with van der Waals surface area (Å²) in [5.74, 6) is 0.650. The molecule has 7 nitrogen and oxygen atoms in total. The molecule has 1 aromatic carbocycles. The van der Waals surface area contributed by atoms with Gasteiger partial charge in [-0.05, 0) is 49.9 Å². The summed E-state index contributed by atoms with van der Waals surface area (Å²) in [4.78, 5) is 33.7. The van der Waals surface area contributed by atoms with Gasteiger partial charge in [0.2, 0.25) is 5.91 Å². The Morgan fingerprint density at radius 1 is 1.23 bits per heavy atom. The molecule has 1 aliphatic rings. The number of hydrogen-bond donors (Lipinski definition) is 1. The number of carbonyl (C=O) groups is 1. The normalized spacial score (nSPS) is 12.4. The summed E-state index contributed by atoms with van der Waals surface area (Å²) in [7, 11) is 0. The molecule has 2 aromatic heterocycles. The molecule has 0 radical (unpaired) electrons. The van der Waals surface area contributed by atoms with Crippen LogP contribution in [0.4, 0.5) is 5.69 Å². The van der Waals surface area contributed by atoms with Crippen LogP contribution in [0.3, 0.4) is 0 Å². The molecular weight excluding hydrogens is 412 g/mol. The molecule has 3 aromatic rings. The number of pyridine rings is 1. The first-order chi connectivity index (χ1) is 15.2. The number of thioether (sulfide) groups is 1. The molecule has 4 rings (SSSR count). The van der Waals surface area contributed by atoms with Crippen LogP contribution < -0.4 is 15.7 Å². The summed E-state index contributed by atoms with van der Waals surface area (Å²) >= 11 is 1.31. The molecule has 1 N–H and O–H groups in total. The van der Waals surface area contributed by atoms with Gasteiger partial charge in [-0.3, -0.25) is 14.3 Å². The van der Waals surface area contributed by atoms with Crippen LogP contribution in [0.25, 0.3) is 0 Å². The predicted molar refractivity (Wildman–Crippen MR) is 121 cm³/mol. The second-order valence-corrected chi connectivity index (χ2v) is 8.16. The molecule has 1 aliphatic carbocycles. The molecule has 160 valence electrons. The Kier molecular flexibility index (Phi) is 6.66. The number of aromatic nitrogens is 3. The number of benzene rings is 1. The molecule has 0 bridgehead atoms. The summed E-state index contributed by atoms with van der Waals surface area (Å²) in [6.07, 6.45) is 6.17. The SMILES string of the molecule is CCOc1ccccc1NC(=O)CSc1nc(=O)n(Cc2cccnc2)c2c1CCC2. The molecule has 0 saturated heterocycles. The van der Waals surface area contributed by atoms with E-state index in [-0.39, 0.29) is 17.3 Å². The van der Waals surface area contributed by atoms with Crippen LogP contribution in [0.2, 0.25) is 0 Å². The van der Waals surface area contributed by atoms with Gasteiger partial charge in [0.1, 0.15) is 10.8 Å². The van der Waals surface area contributed by atoms with Crippen molar-refractivity contribution < 1.29 is 9.53 Å². The minimum Gasteiger partial charge on any atom is -0.492 e. The van der Waals surface area contributed by atoms with E-state index < -0.39 is 0 Å². The summed E-state index contributed by atoms with van der Waals surface area (Å²) in [5.41, 5.74) is 3.42. The summed E-state index contributed by atoms with van der Waals surface area (Å²) in [6.45, 7) is 2.88. The fourth-order valence-corrected chi connectivity index (χ4v) is 4.59. The Morgan fingerprint density at radius 2 is 2.10 bits per heavy atom. The van der Waals surface area contributed by atoms with Crippen LogP contribution >= 0.6 is 11.8 Å². The van der Waals surface area contributed by atoms with E-state index in [0.29, 0.717) is 29.6 Å². The molecule has 0 saturated carbocycles. The zero-order valence-electron chi connectivity index (χ0n) is 17.3. The zero-order valence-corrected chi connectivity index (χ0v) is 18.2. The number of carbonyl (C=O) groups excluding carboxylic acids is 1. The second-order valence-electron chi connectivity index (χ2n) is 7.19. The lowest BCUT2D eigenvalue weighted by atomic mass is 10.2. The van der Waals surface area contributed by atoms with Gasteiger partial charge in [-0.1, -0.05) is 30.0 Å². The number of para-hydroxylation sites is 2. The quantitative estimate of drug-likeness (QED) is 0.431. The van der Waals surface area contributed by atoms with Gasteiger partial charge in [0.15, 0.2) is 0 Å². The summed E-state index contributed by atoms with van der Waals surface area (Å²) in [6, 6.07) is 11.2. The highest BCUT2D eigenvalue weighted by Gasteiger charge is 2.22. The van der Waals surface area contributed by atoms with Crippen molar-refractivity contribution in [2.45, 2.75) is 37.8 Å². The van der Waals surface area contributed by atoms with Crippen molar-refractivity contribution >= 4 is 23.4 Å². The lowest BCUT2D eigenvalue weighted by Crippen LogP contribution is -2.28. The van der Waals surface area contributed by atoms with Crippen molar-refractivity contribution in [3.8, 4) is 5.75 Å². The van der Waals surface area contributed by atoms with Crippen LogP contribution in [-0.2, 0) is 24.2 Å². The highest BCUT2D eigenvalue weighted by atomic mass is 32.2. The summed E-state index contributed by atoms with van der Waals surface area (Å²) < 4.78 is 7.29. The maximum Gasteiger partial charge on any atom is 0.349 e. The van der Waals surface area contributed by atoms with Crippen LogP contribution in [0.1, 0.15) is 30.2 Å². The summed E-state index contributed by atoms with van der Waals surface area (Å²) in [5, 5.41) is 3.55. The average Bonchev–Trinajstić information content (AvgIpc) is 3.27. The predicted octanol–water partition coefficient (Wildman–Crippen LogP) is 3.30. The van der Waals surface area contributed by atoms with E-state index >= 15 is 0 Å². The van der Waals surface area contributed by atoms with E-state index in [2.05, 4.69) is 15.3 Å². The van der Waals surface area contributed by atoms with Crippen LogP contribution in [-0.4, -0.2) is 32.8 Å². The average molecular weight is 437 g/mol. The molecule has 31 heavy (non-hydrogen) atoms. The van der Waals surface area contributed by atoms with Gasteiger partial charge in [0.25, 0.3) is 0 Å².